The topological polar surface area (TPSA) is 81.2 Å². The molecule has 2 aromatic rings. The Kier molecular flexibility index (Phi) is 3.73. The van der Waals surface area contributed by atoms with Crippen molar-refractivity contribution in [3.8, 4) is 0 Å². The molecule has 1 aliphatic heterocycles. The van der Waals surface area contributed by atoms with Gasteiger partial charge in [-0.2, -0.15) is 0 Å². The van der Waals surface area contributed by atoms with E-state index in [4.69, 9.17) is 4.74 Å². The smallest absolute Gasteiger partial charge is 0.153 e. The largest absolute Gasteiger partial charge is 0.375 e. The molecule has 8 heteroatoms. The van der Waals surface area contributed by atoms with Crippen molar-refractivity contribution in [3.05, 3.63) is 30.3 Å². The molecule has 0 spiro atoms. The van der Waals surface area contributed by atoms with E-state index in [1.165, 1.54) is 25.6 Å². The lowest BCUT2D eigenvalue weighted by Crippen LogP contribution is -2.40. The molecule has 6 nitrogen and oxygen atoms in total. The van der Waals surface area contributed by atoms with Crippen molar-refractivity contribution in [2.24, 2.45) is 0 Å². The van der Waals surface area contributed by atoms with Gasteiger partial charge in [0.05, 0.1) is 22.6 Å². The van der Waals surface area contributed by atoms with Gasteiger partial charge >= 0.3 is 0 Å². The minimum Gasteiger partial charge on any atom is -0.375 e. The molecule has 1 saturated heterocycles. The van der Waals surface area contributed by atoms with E-state index in [0.29, 0.717) is 23.1 Å². The van der Waals surface area contributed by atoms with Crippen LogP contribution in [0.5, 0.6) is 0 Å². The quantitative estimate of drug-likeness (QED) is 0.915. The van der Waals surface area contributed by atoms with Crippen LogP contribution in [0.15, 0.2) is 24.5 Å². The molecular weight excluding hydrogens is 309 g/mol. The van der Waals surface area contributed by atoms with Crippen LogP contribution in [-0.2, 0) is 14.6 Å². The summed E-state index contributed by atoms with van der Waals surface area (Å²) in [6, 6.07) is 4.26. The molecule has 1 atom stereocenters. The van der Waals surface area contributed by atoms with Crippen molar-refractivity contribution in [1.29, 1.82) is 0 Å². The number of aromatic nitrogens is 2. The van der Waals surface area contributed by atoms with Crippen LogP contribution in [0.4, 0.5) is 10.2 Å². The van der Waals surface area contributed by atoms with Crippen LogP contribution < -0.4 is 5.32 Å². The molecule has 0 bridgehead atoms. The first-order chi connectivity index (χ1) is 10.4. The molecule has 0 radical (unpaired) electrons. The molecule has 3 rings (SSSR count). The van der Waals surface area contributed by atoms with E-state index < -0.39 is 15.4 Å². The van der Waals surface area contributed by atoms with Crippen LogP contribution in [0, 0.1) is 5.82 Å². The zero-order valence-electron chi connectivity index (χ0n) is 12.0. The van der Waals surface area contributed by atoms with Gasteiger partial charge in [0, 0.05) is 19.0 Å². The van der Waals surface area contributed by atoms with E-state index in [2.05, 4.69) is 15.3 Å². The Morgan fingerprint density at radius 3 is 2.91 bits per heavy atom. The summed E-state index contributed by atoms with van der Waals surface area (Å²) in [5, 5.41) is 3.63. The zero-order valence-corrected chi connectivity index (χ0v) is 12.9. The van der Waals surface area contributed by atoms with Crippen molar-refractivity contribution in [2.45, 2.75) is 12.0 Å². The Morgan fingerprint density at radius 1 is 1.41 bits per heavy atom. The first-order valence-corrected chi connectivity index (χ1v) is 8.65. The molecule has 2 heterocycles. The third kappa shape index (κ3) is 2.89. The van der Waals surface area contributed by atoms with E-state index in [1.807, 2.05) is 0 Å². The number of sulfone groups is 1. The van der Waals surface area contributed by atoms with Gasteiger partial charge < -0.3 is 10.1 Å². The lowest BCUT2D eigenvalue weighted by Gasteiger charge is -2.26. The molecule has 0 saturated carbocycles. The number of ether oxygens (including phenoxy) is 1. The lowest BCUT2D eigenvalue weighted by atomic mass is 10.0. The average molecular weight is 325 g/mol. The molecule has 1 aromatic heterocycles. The summed E-state index contributed by atoms with van der Waals surface area (Å²) < 4.78 is 42.2. The maximum atomic E-state index is 13.4. The van der Waals surface area contributed by atoms with E-state index in [0.717, 1.165) is 0 Å². The van der Waals surface area contributed by atoms with E-state index >= 15 is 0 Å². The normalized spacial score (nSPS) is 23.7. The van der Waals surface area contributed by atoms with E-state index in [1.54, 1.807) is 6.07 Å². The zero-order chi connectivity index (χ0) is 15.8. The third-order valence-corrected chi connectivity index (χ3v) is 5.75. The monoisotopic (exact) mass is 325 g/mol. The Bertz CT molecular complexity index is 812. The molecule has 1 unspecified atom stereocenters. The summed E-state index contributed by atoms with van der Waals surface area (Å²) in [5.41, 5.74) is -0.159. The molecule has 1 aliphatic rings. The highest BCUT2D eigenvalue weighted by Crippen LogP contribution is 2.28. The average Bonchev–Trinajstić information content (AvgIpc) is 2.81. The standard InChI is InChI=1S/C14H16FN3O3S/c1-21-14(4-5-22(19,20)8-14)7-16-13-11-6-10(15)2-3-12(11)17-9-18-13/h2-3,6,9H,4-5,7-8H2,1H3,(H,16,17,18). The van der Waals surface area contributed by atoms with Gasteiger partial charge in [-0.15, -0.1) is 0 Å². The highest BCUT2D eigenvalue weighted by Gasteiger charge is 2.42. The third-order valence-electron chi connectivity index (χ3n) is 3.96. The summed E-state index contributed by atoms with van der Waals surface area (Å²) >= 11 is 0. The number of nitrogens with one attached hydrogen (secondary N) is 1. The van der Waals surface area contributed by atoms with Gasteiger partial charge in [0.25, 0.3) is 0 Å². The number of hydrogen-bond donors (Lipinski definition) is 1. The van der Waals surface area contributed by atoms with Crippen LogP contribution in [0.3, 0.4) is 0 Å². The van der Waals surface area contributed by atoms with Crippen LogP contribution in [0.2, 0.25) is 0 Å². The molecule has 118 valence electrons. The number of nitrogens with zero attached hydrogens (tertiary/aromatic N) is 2. The fourth-order valence-electron chi connectivity index (χ4n) is 2.67. The van der Waals surface area contributed by atoms with Crippen LogP contribution in [0.1, 0.15) is 6.42 Å². The van der Waals surface area contributed by atoms with Crippen molar-refractivity contribution >= 4 is 26.6 Å². The molecule has 22 heavy (non-hydrogen) atoms. The van der Waals surface area contributed by atoms with E-state index in [9.17, 15) is 12.8 Å². The van der Waals surface area contributed by atoms with Crippen LogP contribution in [-0.4, -0.2) is 49.1 Å². The predicted octanol–water partition coefficient (Wildman–Crippen LogP) is 1.38. The Balaban J connectivity index is 1.86. The lowest BCUT2D eigenvalue weighted by molar-refractivity contribution is 0.0241. The summed E-state index contributed by atoms with van der Waals surface area (Å²) in [6.07, 6.45) is 1.81. The minimum absolute atomic E-state index is 0.0269. The van der Waals surface area contributed by atoms with Crippen molar-refractivity contribution in [3.63, 3.8) is 0 Å². The molecule has 0 amide bonds. The fourth-order valence-corrected chi connectivity index (χ4v) is 4.67. The highest BCUT2D eigenvalue weighted by atomic mass is 32.2. The number of fused-ring (bicyclic) bond motifs is 1. The second kappa shape index (κ2) is 5.44. The first-order valence-electron chi connectivity index (χ1n) is 6.83. The van der Waals surface area contributed by atoms with Gasteiger partial charge in [-0.05, 0) is 24.6 Å². The molecule has 0 aliphatic carbocycles. The molecule has 1 aromatic carbocycles. The number of halogens is 1. The number of hydrogen-bond acceptors (Lipinski definition) is 6. The second-order valence-electron chi connectivity index (χ2n) is 5.47. The Labute approximate surface area is 127 Å². The van der Waals surface area contributed by atoms with Crippen LogP contribution >= 0.6 is 0 Å². The molecular formula is C14H16FN3O3S. The maximum absolute atomic E-state index is 13.4. The van der Waals surface area contributed by atoms with Gasteiger partial charge in [0.15, 0.2) is 9.84 Å². The number of benzene rings is 1. The fraction of sp³-hybridized carbons (Fsp3) is 0.429. The number of anilines is 1. The van der Waals surface area contributed by atoms with Gasteiger partial charge in [0.1, 0.15) is 18.0 Å². The van der Waals surface area contributed by atoms with Crippen molar-refractivity contribution in [2.75, 3.05) is 30.5 Å². The summed E-state index contributed by atoms with van der Waals surface area (Å²) in [4.78, 5) is 8.20. The summed E-state index contributed by atoms with van der Waals surface area (Å²) in [6.45, 7) is 0.283. The minimum atomic E-state index is -3.08. The molecule has 1 N–H and O–H groups in total. The van der Waals surface area contributed by atoms with Gasteiger partial charge in [-0.25, -0.2) is 22.8 Å². The summed E-state index contributed by atoms with van der Waals surface area (Å²) in [7, 11) is -1.58. The Hall–Kier alpha value is -1.80. The first kappa shape index (κ1) is 15.1. The second-order valence-corrected chi connectivity index (χ2v) is 7.65. The van der Waals surface area contributed by atoms with Gasteiger partial charge in [-0.1, -0.05) is 0 Å². The summed E-state index contributed by atoms with van der Waals surface area (Å²) in [5.74, 6) is 0.170. The van der Waals surface area contributed by atoms with Crippen LogP contribution in [0.25, 0.3) is 10.9 Å². The molecule has 1 fully saturated rings. The SMILES string of the molecule is COC1(CNc2ncnc3ccc(F)cc23)CCS(=O)(=O)C1. The van der Waals surface area contributed by atoms with Gasteiger partial charge in [0.2, 0.25) is 0 Å². The van der Waals surface area contributed by atoms with Gasteiger partial charge in [-0.3, -0.25) is 0 Å². The Morgan fingerprint density at radius 2 is 2.23 bits per heavy atom. The number of rotatable bonds is 4. The van der Waals surface area contributed by atoms with Crippen molar-refractivity contribution < 1.29 is 17.5 Å². The highest BCUT2D eigenvalue weighted by molar-refractivity contribution is 7.91. The number of methoxy groups -OCH3 is 1. The maximum Gasteiger partial charge on any atom is 0.153 e. The van der Waals surface area contributed by atoms with Crippen molar-refractivity contribution in [1.82, 2.24) is 9.97 Å². The predicted molar refractivity (Wildman–Crippen MR) is 81.0 cm³/mol. The van der Waals surface area contributed by atoms with E-state index in [-0.39, 0.29) is 23.9 Å².